The lowest BCUT2D eigenvalue weighted by Gasteiger charge is -2.22. The molecule has 3 rings (SSSR count). The van der Waals surface area contributed by atoms with Crippen molar-refractivity contribution in [2.45, 2.75) is 32.2 Å². The molecular weight excluding hydrogens is 282 g/mol. The normalized spacial score (nSPS) is 18.4. The molecule has 0 spiro atoms. The van der Waals surface area contributed by atoms with Gasteiger partial charge in [-0.15, -0.1) is 11.3 Å². The van der Waals surface area contributed by atoms with Crippen LogP contribution in [0.1, 0.15) is 24.3 Å². The van der Waals surface area contributed by atoms with E-state index in [9.17, 15) is 4.79 Å². The van der Waals surface area contributed by atoms with Gasteiger partial charge in [0.05, 0.1) is 16.7 Å². The van der Waals surface area contributed by atoms with Gasteiger partial charge in [-0.05, 0) is 38.4 Å². The van der Waals surface area contributed by atoms with Gasteiger partial charge in [0.2, 0.25) is 5.91 Å². The number of piperidine rings is 1. The number of anilines is 1. The van der Waals surface area contributed by atoms with E-state index in [4.69, 9.17) is 0 Å². The Balaban J connectivity index is 1.72. The zero-order valence-corrected chi connectivity index (χ0v) is 12.9. The molecule has 5 heteroatoms. The summed E-state index contributed by atoms with van der Waals surface area (Å²) in [4.78, 5) is 16.7. The number of aromatic nitrogens is 1. The maximum atomic E-state index is 12.2. The first-order valence-corrected chi connectivity index (χ1v) is 8.17. The molecule has 2 aromatic rings. The van der Waals surface area contributed by atoms with Gasteiger partial charge in [-0.3, -0.25) is 4.79 Å². The van der Waals surface area contributed by atoms with Gasteiger partial charge >= 0.3 is 0 Å². The van der Waals surface area contributed by atoms with E-state index in [2.05, 4.69) is 15.6 Å². The van der Waals surface area contributed by atoms with E-state index >= 15 is 0 Å². The largest absolute Gasteiger partial charge is 0.325 e. The molecule has 1 amide bonds. The van der Waals surface area contributed by atoms with Crippen LogP contribution in [0.5, 0.6) is 0 Å². The van der Waals surface area contributed by atoms with E-state index in [-0.39, 0.29) is 11.9 Å². The van der Waals surface area contributed by atoms with Crippen molar-refractivity contribution in [3.05, 3.63) is 34.7 Å². The number of benzene rings is 1. The lowest BCUT2D eigenvalue weighted by atomic mass is 10.0. The molecule has 110 valence electrons. The van der Waals surface area contributed by atoms with E-state index in [1.165, 1.54) is 0 Å². The van der Waals surface area contributed by atoms with Crippen LogP contribution in [0.15, 0.2) is 29.6 Å². The Bertz CT molecular complexity index is 632. The molecule has 0 bridgehead atoms. The van der Waals surface area contributed by atoms with E-state index in [0.717, 1.165) is 47.8 Å². The van der Waals surface area contributed by atoms with Crippen LogP contribution < -0.4 is 10.6 Å². The van der Waals surface area contributed by atoms with Crippen LogP contribution >= 0.6 is 11.3 Å². The summed E-state index contributed by atoms with van der Waals surface area (Å²) >= 11 is 1.63. The maximum Gasteiger partial charge on any atom is 0.241 e. The fourth-order valence-electron chi connectivity index (χ4n) is 2.56. The van der Waals surface area contributed by atoms with Gasteiger partial charge in [-0.1, -0.05) is 18.6 Å². The fraction of sp³-hybridized carbons (Fsp3) is 0.375. The van der Waals surface area contributed by atoms with Crippen LogP contribution in [0.3, 0.4) is 0 Å². The third kappa shape index (κ3) is 3.49. The number of nitrogens with zero attached hydrogens (tertiary/aromatic N) is 1. The lowest BCUT2D eigenvalue weighted by Crippen LogP contribution is -2.43. The first-order chi connectivity index (χ1) is 10.2. The molecule has 0 aliphatic carbocycles. The highest BCUT2D eigenvalue weighted by Crippen LogP contribution is 2.24. The molecule has 21 heavy (non-hydrogen) atoms. The van der Waals surface area contributed by atoms with E-state index in [0.29, 0.717) is 0 Å². The summed E-state index contributed by atoms with van der Waals surface area (Å²) in [7, 11) is 0. The number of hydrogen-bond donors (Lipinski definition) is 2. The van der Waals surface area contributed by atoms with Crippen molar-refractivity contribution >= 4 is 22.9 Å². The molecule has 1 aliphatic heterocycles. The number of carbonyl (C=O) groups is 1. The Morgan fingerprint density at radius 1 is 1.43 bits per heavy atom. The molecule has 0 unspecified atom stereocenters. The minimum Gasteiger partial charge on any atom is -0.325 e. The molecule has 1 fully saturated rings. The van der Waals surface area contributed by atoms with Crippen molar-refractivity contribution in [3.63, 3.8) is 0 Å². The average molecular weight is 301 g/mol. The predicted octanol–water partition coefficient (Wildman–Crippen LogP) is 3.20. The highest BCUT2D eigenvalue weighted by molar-refractivity contribution is 7.09. The van der Waals surface area contributed by atoms with Crippen molar-refractivity contribution in [2.24, 2.45) is 0 Å². The van der Waals surface area contributed by atoms with E-state index in [1.54, 1.807) is 11.3 Å². The monoisotopic (exact) mass is 301 g/mol. The lowest BCUT2D eigenvalue weighted by molar-refractivity contribution is -0.118. The molecule has 0 saturated carbocycles. The number of rotatable bonds is 3. The molecule has 1 aromatic carbocycles. The van der Waals surface area contributed by atoms with Crippen LogP contribution in [0, 0.1) is 6.92 Å². The third-order valence-corrected chi connectivity index (χ3v) is 4.45. The molecule has 0 radical (unpaired) electrons. The Morgan fingerprint density at radius 2 is 2.33 bits per heavy atom. The second-order valence-electron chi connectivity index (χ2n) is 5.32. The van der Waals surface area contributed by atoms with Gasteiger partial charge < -0.3 is 10.6 Å². The highest BCUT2D eigenvalue weighted by atomic mass is 32.1. The number of amides is 1. The number of hydrogen-bond acceptors (Lipinski definition) is 4. The summed E-state index contributed by atoms with van der Waals surface area (Å²) in [6, 6.07) is 7.80. The van der Waals surface area contributed by atoms with Crippen molar-refractivity contribution in [1.29, 1.82) is 0 Å². The maximum absolute atomic E-state index is 12.2. The summed E-state index contributed by atoms with van der Waals surface area (Å²) in [5.74, 6) is 0.0568. The molecule has 1 atom stereocenters. The summed E-state index contributed by atoms with van der Waals surface area (Å²) in [5.41, 5.74) is 2.83. The van der Waals surface area contributed by atoms with Crippen LogP contribution in [-0.4, -0.2) is 23.5 Å². The summed E-state index contributed by atoms with van der Waals surface area (Å²) in [6.07, 6.45) is 3.18. The molecule has 2 heterocycles. The van der Waals surface area contributed by atoms with Crippen LogP contribution in [0.4, 0.5) is 5.69 Å². The molecule has 2 N–H and O–H groups in total. The van der Waals surface area contributed by atoms with Crippen molar-refractivity contribution < 1.29 is 4.79 Å². The van der Waals surface area contributed by atoms with Gasteiger partial charge in [0, 0.05) is 16.6 Å². The number of aryl methyl sites for hydroxylation is 1. The molecule has 1 saturated heterocycles. The number of carbonyl (C=O) groups excluding carboxylic acids is 1. The molecule has 1 aliphatic rings. The minimum absolute atomic E-state index is 0.0568. The zero-order chi connectivity index (χ0) is 14.7. The quantitative estimate of drug-likeness (QED) is 0.915. The number of thiazole rings is 1. The van der Waals surface area contributed by atoms with Gasteiger partial charge in [0.15, 0.2) is 0 Å². The Kier molecular flexibility index (Phi) is 4.31. The standard InChI is InChI=1S/C16H19N3OS/c1-11-18-15(10-21-11)12-5-4-6-13(9-12)19-16(20)14-7-2-3-8-17-14/h4-6,9-10,14,17H,2-3,7-8H2,1H3,(H,19,20)/t14-/m0/s1. The molecule has 4 nitrogen and oxygen atoms in total. The SMILES string of the molecule is Cc1nc(-c2cccc(NC(=O)[C@@H]3CCCCN3)c2)cs1. The minimum atomic E-state index is -0.0658. The third-order valence-electron chi connectivity index (χ3n) is 3.67. The summed E-state index contributed by atoms with van der Waals surface area (Å²) in [5, 5.41) is 9.36. The van der Waals surface area contributed by atoms with Gasteiger partial charge in [-0.25, -0.2) is 4.98 Å². The Labute approximate surface area is 128 Å². The first-order valence-electron chi connectivity index (χ1n) is 7.29. The number of nitrogens with one attached hydrogen (secondary N) is 2. The fourth-order valence-corrected chi connectivity index (χ4v) is 3.18. The topological polar surface area (TPSA) is 54.0 Å². The smallest absolute Gasteiger partial charge is 0.241 e. The van der Waals surface area contributed by atoms with Crippen molar-refractivity contribution in [1.82, 2.24) is 10.3 Å². The van der Waals surface area contributed by atoms with Gasteiger partial charge in [0.25, 0.3) is 0 Å². The van der Waals surface area contributed by atoms with Crippen molar-refractivity contribution in [3.8, 4) is 11.3 Å². The molecule has 1 aromatic heterocycles. The van der Waals surface area contributed by atoms with E-state index < -0.39 is 0 Å². The Morgan fingerprint density at radius 3 is 3.05 bits per heavy atom. The van der Waals surface area contributed by atoms with Gasteiger partial charge in [-0.2, -0.15) is 0 Å². The highest BCUT2D eigenvalue weighted by Gasteiger charge is 2.20. The van der Waals surface area contributed by atoms with Crippen molar-refractivity contribution in [2.75, 3.05) is 11.9 Å². The Hall–Kier alpha value is -1.72. The first kappa shape index (κ1) is 14.2. The predicted molar refractivity (Wildman–Crippen MR) is 86.6 cm³/mol. The van der Waals surface area contributed by atoms with Crippen LogP contribution in [-0.2, 0) is 4.79 Å². The second-order valence-corrected chi connectivity index (χ2v) is 6.39. The van der Waals surface area contributed by atoms with Crippen LogP contribution in [0.2, 0.25) is 0 Å². The second kappa shape index (κ2) is 6.37. The molecular formula is C16H19N3OS. The summed E-state index contributed by atoms with van der Waals surface area (Å²) in [6.45, 7) is 2.92. The van der Waals surface area contributed by atoms with Crippen LogP contribution in [0.25, 0.3) is 11.3 Å². The zero-order valence-electron chi connectivity index (χ0n) is 12.1. The van der Waals surface area contributed by atoms with Gasteiger partial charge in [0.1, 0.15) is 0 Å². The van der Waals surface area contributed by atoms with E-state index in [1.807, 2.05) is 36.6 Å². The average Bonchev–Trinajstić information content (AvgIpc) is 2.95. The summed E-state index contributed by atoms with van der Waals surface area (Å²) < 4.78 is 0.